The quantitative estimate of drug-likeness (QED) is 0.459. The molecule has 1 rings (SSSR count). The number of hydrogen-bond donors (Lipinski definition) is 0. The van der Waals surface area contributed by atoms with Crippen LogP contribution in [0.25, 0.3) is 0 Å². The molecule has 0 aromatic carbocycles. The van der Waals surface area contributed by atoms with E-state index in [-0.39, 0.29) is 0 Å². The fourth-order valence-electron chi connectivity index (χ4n) is 1.25. The lowest BCUT2D eigenvalue weighted by atomic mass is 9.82. The van der Waals surface area contributed by atoms with Crippen LogP contribution in [0.4, 0.5) is 0 Å². The summed E-state index contributed by atoms with van der Waals surface area (Å²) < 4.78 is 0. The molecule has 0 spiro atoms. The van der Waals surface area contributed by atoms with Gasteiger partial charge in [0.2, 0.25) is 0 Å². The molecule has 0 saturated heterocycles. The van der Waals surface area contributed by atoms with Crippen LogP contribution in [0.2, 0.25) is 0 Å². The molecular weight excluding hydrogens is 160 g/mol. The number of aldehydes is 1. The first kappa shape index (κ1) is 8.54. The van der Waals surface area contributed by atoms with Crippen molar-refractivity contribution >= 4 is 17.9 Å². The molecular formula is C9H11ClO. The second-order valence-electron chi connectivity index (χ2n) is 3.03. The van der Waals surface area contributed by atoms with E-state index in [1.165, 1.54) is 5.57 Å². The van der Waals surface area contributed by atoms with Gasteiger partial charge >= 0.3 is 0 Å². The molecule has 0 amide bonds. The fourth-order valence-corrected chi connectivity index (χ4v) is 1.49. The highest BCUT2D eigenvalue weighted by Crippen LogP contribution is 2.30. The number of carbonyl (C=O) groups is 1. The van der Waals surface area contributed by atoms with Crippen LogP contribution in [0.1, 0.15) is 13.3 Å². The van der Waals surface area contributed by atoms with E-state index in [2.05, 4.69) is 0 Å². The topological polar surface area (TPSA) is 17.1 Å². The van der Waals surface area contributed by atoms with E-state index in [1.807, 2.05) is 25.2 Å². The molecule has 0 saturated carbocycles. The zero-order chi connectivity index (χ0) is 8.32. The Morgan fingerprint density at radius 3 is 2.91 bits per heavy atom. The molecule has 0 bridgehead atoms. The predicted octanol–water partition coefficient (Wildman–Crippen LogP) is 2.32. The third-order valence-electron chi connectivity index (χ3n) is 1.90. The summed E-state index contributed by atoms with van der Waals surface area (Å²) in [6.07, 6.45) is 7.48. The highest BCUT2D eigenvalue weighted by Gasteiger charge is 2.27. The standard InChI is InChI=1S/C9H11ClO/c1-8-3-2-4-9(5-8,6-10)7-11/h2-4,7H,5-6H2,1H3. The van der Waals surface area contributed by atoms with Gasteiger partial charge in [0, 0.05) is 5.88 Å². The normalized spacial score (nSPS) is 29.8. The van der Waals surface area contributed by atoms with Gasteiger partial charge in [0.05, 0.1) is 5.41 Å². The molecule has 2 heteroatoms. The van der Waals surface area contributed by atoms with Gasteiger partial charge in [-0.2, -0.15) is 0 Å². The Kier molecular flexibility index (Phi) is 2.50. The molecule has 11 heavy (non-hydrogen) atoms. The van der Waals surface area contributed by atoms with E-state index in [9.17, 15) is 4.79 Å². The van der Waals surface area contributed by atoms with Gasteiger partial charge in [-0.1, -0.05) is 23.8 Å². The van der Waals surface area contributed by atoms with E-state index in [4.69, 9.17) is 11.6 Å². The van der Waals surface area contributed by atoms with Gasteiger partial charge in [-0.25, -0.2) is 0 Å². The minimum Gasteiger partial charge on any atom is -0.302 e. The van der Waals surface area contributed by atoms with E-state index in [0.29, 0.717) is 5.88 Å². The van der Waals surface area contributed by atoms with E-state index in [0.717, 1.165) is 12.7 Å². The summed E-state index contributed by atoms with van der Waals surface area (Å²) in [6, 6.07) is 0. The average Bonchev–Trinajstić information content (AvgIpc) is 2.04. The summed E-state index contributed by atoms with van der Waals surface area (Å²) in [7, 11) is 0. The van der Waals surface area contributed by atoms with E-state index >= 15 is 0 Å². The molecule has 0 aromatic heterocycles. The first-order valence-electron chi connectivity index (χ1n) is 3.60. The van der Waals surface area contributed by atoms with Crippen LogP contribution in [0.15, 0.2) is 23.8 Å². The summed E-state index contributed by atoms with van der Waals surface area (Å²) in [5.74, 6) is 0.373. The Morgan fingerprint density at radius 1 is 1.82 bits per heavy atom. The molecule has 1 atom stereocenters. The Hall–Kier alpha value is -0.560. The van der Waals surface area contributed by atoms with Crippen molar-refractivity contribution in [1.82, 2.24) is 0 Å². The van der Waals surface area contributed by atoms with Crippen LogP contribution in [0.5, 0.6) is 0 Å². The Balaban J connectivity index is 2.83. The molecule has 0 fully saturated rings. The van der Waals surface area contributed by atoms with Crippen LogP contribution in [-0.2, 0) is 4.79 Å². The second-order valence-corrected chi connectivity index (χ2v) is 3.30. The van der Waals surface area contributed by atoms with Crippen molar-refractivity contribution in [2.45, 2.75) is 13.3 Å². The predicted molar refractivity (Wildman–Crippen MR) is 46.7 cm³/mol. The molecule has 0 radical (unpaired) electrons. The van der Waals surface area contributed by atoms with Gasteiger partial charge < -0.3 is 4.79 Å². The number of halogens is 1. The third-order valence-corrected chi connectivity index (χ3v) is 2.40. The van der Waals surface area contributed by atoms with Crippen LogP contribution < -0.4 is 0 Å². The number of allylic oxidation sites excluding steroid dienone is 4. The van der Waals surface area contributed by atoms with Gasteiger partial charge in [-0.05, 0) is 13.3 Å². The van der Waals surface area contributed by atoms with Crippen molar-refractivity contribution in [3.63, 3.8) is 0 Å². The molecule has 1 nitrogen and oxygen atoms in total. The second kappa shape index (κ2) is 3.22. The van der Waals surface area contributed by atoms with Crippen LogP contribution in [0, 0.1) is 5.41 Å². The lowest BCUT2D eigenvalue weighted by molar-refractivity contribution is -0.113. The number of hydrogen-bond acceptors (Lipinski definition) is 1. The van der Waals surface area contributed by atoms with Gasteiger partial charge in [0.15, 0.2) is 0 Å². The van der Waals surface area contributed by atoms with Crippen molar-refractivity contribution < 1.29 is 4.79 Å². The van der Waals surface area contributed by atoms with Crippen LogP contribution >= 0.6 is 11.6 Å². The summed E-state index contributed by atoms with van der Waals surface area (Å²) >= 11 is 5.69. The van der Waals surface area contributed by atoms with Gasteiger partial charge in [0.1, 0.15) is 6.29 Å². The molecule has 1 unspecified atom stereocenters. The Labute approximate surface area is 71.7 Å². The van der Waals surface area contributed by atoms with Crippen molar-refractivity contribution in [3.8, 4) is 0 Å². The maximum absolute atomic E-state index is 10.7. The van der Waals surface area contributed by atoms with Crippen molar-refractivity contribution in [2.24, 2.45) is 5.41 Å². The van der Waals surface area contributed by atoms with Gasteiger partial charge in [-0.15, -0.1) is 11.6 Å². The SMILES string of the molecule is CC1=CC=CC(C=O)(CCl)C1. The maximum atomic E-state index is 10.7. The highest BCUT2D eigenvalue weighted by atomic mass is 35.5. The number of alkyl halides is 1. The van der Waals surface area contributed by atoms with Crippen molar-refractivity contribution in [2.75, 3.05) is 5.88 Å². The number of carbonyl (C=O) groups excluding carboxylic acids is 1. The minimum absolute atomic E-state index is 0.373. The average molecular weight is 171 g/mol. The molecule has 0 aliphatic heterocycles. The first-order chi connectivity index (χ1) is 5.22. The van der Waals surface area contributed by atoms with Gasteiger partial charge in [0.25, 0.3) is 0 Å². The minimum atomic E-state index is -0.430. The Bertz CT molecular complexity index is 218. The van der Waals surface area contributed by atoms with Crippen molar-refractivity contribution in [1.29, 1.82) is 0 Å². The number of rotatable bonds is 2. The molecule has 1 aliphatic rings. The summed E-state index contributed by atoms with van der Waals surface area (Å²) in [4.78, 5) is 10.7. The largest absolute Gasteiger partial charge is 0.302 e. The van der Waals surface area contributed by atoms with Crippen LogP contribution in [-0.4, -0.2) is 12.2 Å². The molecule has 0 aromatic rings. The summed E-state index contributed by atoms with van der Waals surface area (Å²) in [5.41, 5.74) is 0.778. The van der Waals surface area contributed by atoms with Gasteiger partial charge in [-0.3, -0.25) is 0 Å². The summed E-state index contributed by atoms with van der Waals surface area (Å²) in [6.45, 7) is 2.01. The highest BCUT2D eigenvalue weighted by molar-refractivity contribution is 6.19. The zero-order valence-electron chi connectivity index (χ0n) is 6.51. The maximum Gasteiger partial charge on any atom is 0.131 e. The van der Waals surface area contributed by atoms with Crippen molar-refractivity contribution in [3.05, 3.63) is 23.8 Å². The van der Waals surface area contributed by atoms with E-state index in [1.54, 1.807) is 0 Å². The monoisotopic (exact) mass is 170 g/mol. The molecule has 1 aliphatic carbocycles. The first-order valence-corrected chi connectivity index (χ1v) is 4.13. The Morgan fingerprint density at radius 2 is 2.55 bits per heavy atom. The third kappa shape index (κ3) is 1.72. The fraction of sp³-hybridized carbons (Fsp3) is 0.444. The summed E-state index contributed by atoms with van der Waals surface area (Å²) in [5, 5.41) is 0. The van der Waals surface area contributed by atoms with E-state index < -0.39 is 5.41 Å². The molecule has 0 heterocycles. The zero-order valence-corrected chi connectivity index (χ0v) is 7.27. The smallest absolute Gasteiger partial charge is 0.131 e. The molecule has 0 N–H and O–H groups in total. The lowest BCUT2D eigenvalue weighted by Gasteiger charge is -2.23. The molecule has 60 valence electrons. The lowest BCUT2D eigenvalue weighted by Crippen LogP contribution is -2.23. The van der Waals surface area contributed by atoms with Crippen LogP contribution in [0.3, 0.4) is 0 Å².